The predicted octanol–water partition coefficient (Wildman–Crippen LogP) is 0.532. The van der Waals surface area contributed by atoms with Crippen LogP contribution in [-0.2, 0) is 4.74 Å². The fourth-order valence-electron chi connectivity index (χ4n) is 3.95. The van der Waals surface area contributed by atoms with Crippen LogP contribution in [0.1, 0.15) is 25.7 Å². The number of morpholine rings is 1. The van der Waals surface area contributed by atoms with Gasteiger partial charge < -0.3 is 19.9 Å². The zero-order chi connectivity index (χ0) is 12.5. The molecule has 3 rings (SSSR count). The van der Waals surface area contributed by atoms with Crippen LogP contribution in [-0.4, -0.2) is 74.4 Å². The summed E-state index contributed by atoms with van der Waals surface area (Å²) in [4.78, 5) is 5.17. The van der Waals surface area contributed by atoms with Gasteiger partial charge in [0.15, 0.2) is 0 Å². The van der Waals surface area contributed by atoms with Gasteiger partial charge in [-0.1, -0.05) is 0 Å². The van der Waals surface area contributed by atoms with Crippen LogP contribution in [0.15, 0.2) is 0 Å². The fraction of sp³-hybridized carbons (Fsp3) is 1.00. The number of nitrogens with zero attached hydrogens (tertiary/aromatic N) is 2. The molecule has 3 atom stereocenters. The molecule has 0 saturated carbocycles. The lowest BCUT2D eigenvalue weighted by molar-refractivity contribution is -0.00756. The summed E-state index contributed by atoms with van der Waals surface area (Å²) in [6.07, 6.45) is 5.91. The number of likely N-dealkylation sites (N-methyl/N-ethyl adjacent to an activating group) is 1. The zero-order valence-corrected chi connectivity index (χ0v) is 11.8. The minimum absolute atomic E-state index is 0.390. The van der Waals surface area contributed by atoms with Crippen molar-refractivity contribution in [3.8, 4) is 0 Å². The molecule has 1 N–H and O–H groups in total. The molecular formula is C14H27N3O. The van der Waals surface area contributed by atoms with Crippen LogP contribution in [0.4, 0.5) is 0 Å². The molecular weight excluding hydrogens is 226 g/mol. The van der Waals surface area contributed by atoms with Crippen molar-refractivity contribution in [3.63, 3.8) is 0 Å². The van der Waals surface area contributed by atoms with E-state index in [2.05, 4.69) is 29.2 Å². The van der Waals surface area contributed by atoms with Gasteiger partial charge in [-0.15, -0.1) is 0 Å². The summed E-state index contributed by atoms with van der Waals surface area (Å²) in [5.41, 5.74) is 0. The molecule has 3 aliphatic heterocycles. The molecule has 2 bridgehead atoms. The van der Waals surface area contributed by atoms with Crippen molar-refractivity contribution in [2.24, 2.45) is 0 Å². The molecule has 3 fully saturated rings. The number of nitrogens with one attached hydrogen (secondary N) is 1. The van der Waals surface area contributed by atoms with Gasteiger partial charge >= 0.3 is 0 Å². The first-order valence-electron chi connectivity index (χ1n) is 7.48. The van der Waals surface area contributed by atoms with Crippen molar-refractivity contribution in [3.05, 3.63) is 0 Å². The van der Waals surface area contributed by atoms with Gasteiger partial charge in [0.05, 0.1) is 12.7 Å². The van der Waals surface area contributed by atoms with Crippen LogP contribution < -0.4 is 5.32 Å². The Morgan fingerprint density at radius 1 is 1.28 bits per heavy atom. The molecule has 4 nitrogen and oxygen atoms in total. The molecule has 0 aliphatic carbocycles. The molecule has 4 heteroatoms. The maximum absolute atomic E-state index is 5.82. The van der Waals surface area contributed by atoms with E-state index in [-0.39, 0.29) is 0 Å². The smallest absolute Gasteiger partial charge is 0.0826 e. The Morgan fingerprint density at radius 3 is 2.61 bits per heavy atom. The first-order valence-corrected chi connectivity index (χ1v) is 7.48. The fourth-order valence-corrected chi connectivity index (χ4v) is 3.95. The van der Waals surface area contributed by atoms with E-state index in [0.29, 0.717) is 6.10 Å². The summed E-state index contributed by atoms with van der Waals surface area (Å²) in [6, 6.07) is 2.44. The first-order chi connectivity index (χ1) is 8.74. The third kappa shape index (κ3) is 2.57. The van der Waals surface area contributed by atoms with Crippen molar-refractivity contribution in [2.45, 2.75) is 49.9 Å². The average Bonchev–Trinajstić information content (AvgIpc) is 2.63. The quantitative estimate of drug-likeness (QED) is 0.794. The van der Waals surface area contributed by atoms with E-state index in [4.69, 9.17) is 4.74 Å². The lowest BCUT2D eigenvalue weighted by Crippen LogP contribution is -2.51. The molecule has 0 aromatic rings. The van der Waals surface area contributed by atoms with Crippen molar-refractivity contribution in [1.82, 2.24) is 15.1 Å². The standard InChI is InChI=1S/C14H27N3O/c1-16(10-14-9-15-5-6-18-14)13-7-11-3-4-12(8-13)17(11)2/h11-15H,3-10H2,1-2H3. The Labute approximate surface area is 111 Å². The van der Waals surface area contributed by atoms with Crippen LogP contribution in [0.5, 0.6) is 0 Å². The van der Waals surface area contributed by atoms with E-state index in [0.717, 1.165) is 44.4 Å². The number of ether oxygens (including phenoxy) is 1. The molecule has 18 heavy (non-hydrogen) atoms. The molecule has 3 saturated heterocycles. The summed E-state index contributed by atoms with van der Waals surface area (Å²) in [5.74, 6) is 0. The molecule has 0 spiro atoms. The summed E-state index contributed by atoms with van der Waals surface area (Å²) < 4.78 is 5.82. The van der Waals surface area contributed by atoms with Crippen LogP contribution in [0.25, 0.3) is 0 Å². The maximum Gasteiger partial charge on any atom is 0.0826 e. The highest BCUT2D eigenvalue weighted by molar-refractivity contribution is 4.96. The van der Waals surface area contributed by atoms with E-state index in [9.17, 15) is 0 Å². The van der Waals surface area contributed by atoms with E-state index in [1.807, 2.05) is 0 Å². The molecule has 0 aromatic carbocycles. The Hall–Kier alpha value is -0.160. The van der Waals surface area contributed by atoms with E-state index >= 15 is 0 Å². The Balaban J connectivity index is 1.52. The topological polar surface area (TPSA) is 27.7 Å². The lowest BCUT2D eigenvalue weighted by atomic mass is 9.96. The third-order valence-electron chi connectivity index (χ3n) is 5.19. The van der Waals surface area contributed by atoms with Crippen molar-refractivity contribution in [2.75, 3.05) is 40.3 Å². The number of hydrogen-bond donors (Lipinski definition) is 1. The molecule has 0 amide bonds. The molecule has 104 valence electrons. The molecule has 3 unspecified atom stereocenters. The highest BCUT2D eigenvalue weighted by atomic mass is 16.5. The van der Waals surface area contributed by atoms with Gasteiger partial charge in [0, 0.05) is 37.8 Å². The minimum Gasteiger partial charge on any atom is -0.374 e. The van der Waals surface area contributed by atoms with Crippen molar-refractivity contribution in [1.29, 1.82) is 0 Å². The summed E-state index contributed by atoms with van der Waals surface area (Å²) in [6.45, 7) is 3.99. The lowest BCUT2D eigenvalue weighted by Gasteiger charge is -2.41. The Morgan fingerprint density at radius 2 is 2.00 bits per heavy atom. The number of hydrogen-bond acceptors (Lipinski definition) is 4. The third-order valence-corrected chi connectivity index (χ3v) is 5.19. The SMILES string of the molecule is CN(CC1CNCCO1)C1CC2CCC(C1)N2C. The summed E-state index contributed by atoms with van der Waals surface area (Å²) in [5, 5.41) is 3.42. The van der Waals surface area contributed by atoms with Crippen LogP contribution in [0.3, 0.4) is 0 Å². The van der Waals surface area contributed by atoms with Gasteiger partial charge in [-0.25, -0.2) is 0 Å². The van der Waals surface area contributed by atoms with Gasteiger partial charge in [0.25, 0.3) is 0 Å². The van der Waals surface area contributed by atoms with E-state index in [1.54, 1.807) is 0 Å². The maximum atomic E-state index is 5.82. The minimum atomic E-state index is 0.390. The van der Waals surface area contributed by atoms with Crippen LogP contribution >= 0.6 is 0 Å². The first kappa shape index (κ1) is 12.9. The monoisotopic (exact) mass is 253 g/mol. The molecule has 3 heterocycles. The van der Waals surface area contributed by atoms with Crippen LogP contribution in [0.2, 0.25) is 0 Å². The zero-order valence-electron chi connectivity index (χ0n) is 11.8. The van der Waals surface area contributed by atoms with E-state index < -0.39 is 0 Å². The van der Waals surface area contributed by atoms with Gasteiger partial charge in [-0.05, 0) is 39.8 Å². The Kier molecular flexibility index (Phi) is 3.89. The summed E-state index contributed by atoms with van der Waals surface area (Å²) >= 11 is 0. The molecule has 3 aliphatic rings. The average molecular weight is 253 g/mol. The second-order valence-electron chi connectivity index (χ2n) is 6.31. The largest absolute Gasteiger partial charge is 0.374 e. The molecule has 0 radical (unpaired) electrons. The van der Waals surface area contributed by atoms with Gasteiger partial charge in [-0.2, -0.15) is 0 Å². The van der Waals surface area contributed by atoms with Crippen molar-refractivity contribution >= 4 is 0 Å². The second-order valence-corrected chi connectivity index (χ2v) is 6.31. The van der Waals surface area contributed by atoms with Gasteiger partial charge in [0.2, 0.25) is 0 Å². The Bertz CT molecular complexity index is 266. The van der Waals surface area contributed by atoms with Crippen molar-refractivity contribution < 1.29 is 4.74 Å². The highest BCUT2D eigenvalue weighted by Gasteiger charge is 2.39. The van der Waals surface area contributed by atoms with E-state index in [1.165, 1.54) is 25.7 Å². The highest BCUT2D eigenvalue weighted by Crippen LogP contribution is 2.35. The molecule has 0 aromatic heterocycles. The second kappa shape index (κ2) is 5.45. The van der Waals surface area contributed by atoms with Gasteiger partial charge in [0.1, 0.15) is 0 Å². The predicted molar refractivity (Wildman–Crippen MR) is 72.8 cm³/mol. The number of fused-ring (bicyclic) bond motifs is 2. The number of piperidine rings is 1. The normalized spacial score (nSPS) is 41.5. The van der Waals surface area contributed by atoms with Gasteiger partial charge in [-0.3, -0.25) is 0 Å². The number of rotatable bonds is 3. The summed E-state index contributed by atoms with van der Waals surface area (Å²) in [7, 11) is 4.60. The van der Waals surface area contributed by atoms with Crippen LogP contribution in [0, 0.1) is 0 Å².